The van der Waals surface area contributed by atoms with Gasteiger partial charge in [-0.25, -0.2) is 0 Å². The van der Waals surface area contributed by atoms with Crippen LogP contribution in [0.4, 0.5) is 0 Å². The first-order valence-corrected chi connectivity index (χ1v) is 13.1. The summed E-state index contributed by atoms with van der Waals surface area (Å²) in [5, 5.41) is 5.47. The second-order valence-electron chi connectivity index (χ2n) is 9.26. The molecule has 0 unspecified atom stereocenters. The SMILES string of the molecule is Cc1ccc(C(c2ccc(C)cc2)=c2ccc3c(c2C2=CC=CC2)[C]([Zr+2])=c2ccccc2=3)cc1.[Cl-].[Cl-]. The Morgan fingerprint density at radius 2 is 1.22 bits per heavy atom. The van der Waals surface area contributed by atoms with Crippen molar-refractivity contribution in [2.45, 2.75) is 20.3 Å². The molecule has 4 aromatic carbocycles. The first kappa shape index (κ1) is 26.6. The van der Waals surface area contributed by atoms with Crippen molar-refractivity contribution >= 4 is 14.4 Å². The second-order valence-corrected chi connectivity index (χ2v) is 10.5. The minimum Gasteiger partial charge on any atom is -1.00 e. The van der Waals surface area contributed by atoms with E-state index in [0.717, 1.165) is 6.42 Å². The van der Waals surface area contributed by atoms with E-state index >= 15 is 0 Å². The standard InChI is InChI=1S/C33H25.2ClH.Zr/c1-22-11-15-25(16-12-22)32(26-17-13-23(2)14-18-26)30-20-19-29-28-10-6-5-9-27(28)21-31(29)33(30)24-7-3-4-8-24;;;/h3-7,9-20H,8H2,1-2H3;2*1H;/q;;;+2/p-2. The predicted molar refractivity (Wildman–Crippen MR) is 138 cm³/mol. The van der Waals surface area contributed by atoms with Crippen molar-refractivity contribution in [2.24, 2.45) is 0 Å². The second kappa shape index (κ2) is 10.9. The van der Waals surface area contributed by atoms with Gasteiger partial charge in [0.25, 0.3) is 0 Å². The van der Waals surface area contributed by atoms with Crippen molar-refractivity contribution in [2.75, 3.05) is 0 Å². The van der Waals surface area contributed by atoms with Gasteiger partial charge in [0.2, 0.25) is 0 Å². The summed E-state index contributed by atoms with van der Waals surface area (Å²) in [6.07, 6.45) is 7.78. The fourth-order valence-electron chi connectivity index (χ4n) is 5.25. The number of benzene rings is 4. The monoisotopic (exact) mass is 581 g/mol. The molecule has 0 spiro atoms. The van der Waals surface area contributed by atoms with E-state index in [1.807, 2.05) is 0 Å². The number of allylic oxidation sites excluding steroid dienone is 4. The molecule has 0 amide bonds. The van der Waals surface area contributed by atoms with E-state index in [2.05, 4.69) is 117 Å². The first-order chi connectivity index (χ1) is 16.6. The molecule has 4 aromatic rings. The van der Waals surface area contributed by atoms with Crippen LogP contribution in [0.3, 0.4) is 0 Å². The molecule has 0 atom stereocenters. The number of aryl methyl sites for hydroxylation is 2. The molecule has 0 radical (unpaired) electrons. The van der Waals surface area contributed by atoms with Crippen molar-refractivity contribution in [3.05, 3.63) is 157 Å². The van der Waals surface area contributed by atoms with Crippen LogP contribution in [0.5, 0.6) is 0 Å². The molecule has 2 aliphatic carbocycles. The van der Waals surface area contributed by atoms with E-state index in [0.29, 0.717) is 0 Å². The van der Waals surface area contributed by atoms with Crippen LogP contribution in [0, 0.1) is 24.3 Å². The van der Waals surface area contributed by atoms with Crippen molar-refractivity contribution in [3.63, 3.8) is 0 Å². The molecule has 0 bridgehead atoms. The van der Waals surface area contributed by atoms with Gasteiger partial charge in [-0.3, -0.25) is 0 Å². The number of fused-ring (bicyclic) bond motifs is 2. The zero-order chi connectivity index (χ0) is 23.2. The Kier molecular flexibility index (Phi) is 8.06. The van der Waals surface area contributed by atoms with Crippen LogP contribution in [-0.4, -0.2) is 0 Å². The summed E-state index contributed by atoms with van der Waals surface area (Å²) in [6.45, 7) is 4.31. The van der Waals surface area contributed by atoms with Gasteiger partial charge < -0.3 is 24.8 Å². The van der Waals surface area contributed by atoms with Gasteiger partial charge in [-0.15, -0.1) is 0 Å². The Hall–Kier alpha value is -2.44. The average molecular weight is 584 g/mol. The minimum absolute atomic E-state index is 0. The summed E-state index contributed by atoms with van der Waals surface area (Å²) in [5.74, 6) is 0. The Balaban J connectivity index is 0.00000152. The van der Waals surface area contributed by atoms with Gasteiger partial charge in [-0.2, -0.15) is 0 Å². The molecule has 0 saturated carbocycles. The Morgan fingerprint density at radius 1 is 0.639 bits per heavy atom. The molecular formula is C33H25Cl2Zr. The minimum atomic E-state index is 0. The maximum atomic E-state index is 2.37. The van der Waals surface area contributed by atoms with E-state index in [9.17, 15) is 0 Å². The summed E-state index contributed by atoms with van der Waals surface area (Å²) >= 11 is 1.47. The van der Waals surface area contributed by atoms with Crippen LogP contribution in [-0.2, 0) is 24.7 Å². The molecule has 36 heavy (non-hydrogen) atoms. The van der Waals surface area contributed by atoms with Crippen LogP contribution in [0.25, 0.3) is 14.4 Å². The molecule has 0 aromatic heterocycles. The maximum absolute atomic E-state index is 2.37. The predicted octanol–water partition coefficient (Wildman–Crippen LogP) is 0.206. The molecule has 0 heterocycles. The maximum Gasteiger partial charge on any atom is -1.00 e. The van der Waals surface area contributed by atoms with Gasteiger partial charge in [-0.1, -0.05) is 0 Å². The molecule has 0 fully saturated rings. The van der Waals surface area contributed by atoms with Crippen molar-refractivity contribution in [1.29, 1.82) is 0 Å². The normalized spacial score (nSPS) is 12.9. The largest absolute Gasteiger partial charge is 1.00 e. The van der Waals surface area contributed by atoms with E-state index in [4.69, 9.17) is 0 Å². The van der Waals surface area contributed by atoms with Crippen LogP contribution in [0.1, 0.15) is 39.8 Å². The summed E-state index contributed by atoms with van der Waals surface area (Å²) < 4.78 is 1.47. The number of rotatable bonds is 3. The van der Waals surface area contributed by atoms with E-state index < -0.39 is 0 Å². The van der Waals surface area contributed by atoms with Crippen LogP contribution in [0.2, 0.25) is 0 Å². The quantitative estimate of drug-likeness (QED) is 0.324. The summed E-state index contributed by atoms with van der Waals surface area (Å²) in [7, 11) is 0. The van der Waals surface area contributed by atoms with E-state index in [1.165, 1.54) is 93.4 Å². The summed E-state index contributed by atoms with van der Waals surface area (Å²) in [6, 6.07) is 31.6. The molecule has 3 heteroatoms. The van der Waals surface area contributed by atoms with Gasteiger partial charge in [-0.05, 0) is 0 Å². The topological polar surface area (TPSA) is 0 Å². The molecule has 2 aliphatic rings. The van der Waals surface area contributed by atoms with Crippen LogP contribution >= 0.6 is 0 Å². The third-order valence-electron chi connectivity index (χ3n) is 6.98. The summed E-state index contributed by atoms with van der Waals surface area (Å²) in [5.41, 5.74) is 10.7. The number of halogens is 2. The van der Waals surface area contributed by atoms with Gasteiger partial charge in [0, 0.05) is 0 Å². The smallest absolute Gasteiger partial charge is 1.00 e. The number of hydrogen-bond acceptors (Lipinski definition) is 0. The molecule has 0 saturated heterocycles. The molecule has 0 N–H and O–H groups in total. The van der Waals surface area contributed by atoms with Crippen LogP contribution < -0.4 is 35.3 Å². The molecule has 175 valence electrons. The molecule has 6 rings (SSSR count). The van der Waals surface area contributed by atoms with E-state index in [-0.39, 0.29) is 24.8 Å². The zero-order valence-corrected chi connectivity index (χ0v) is 24.2. The van der Waals surface area contributed by atoms with Crippen molar-refractivity contribution in [1.82, 2.24) is 0 Å². The zero-order valence-electron chi connectivity index (χ0n) is 20.3. The molecular weight excluding hydrogens is 558 g/mol. The average Bonchev–Trinajstić information content (AvgIpc) is 3.49. The Morgan fingerprint density at radius 3 is 1.78 bits per heavy atom. The van der Waals surface area contributed by atoms with Gasteiger partial charge in [0.15, 0.2) is 0 Å². The Bertz CT molecular complexity index is 1680. The Labute approximate surface area is 240 Å². The molecule has 0 aliphatic heterocycles. The fraction of sp³-hybridized carbons (Fsp3) is 0.0909. The fourth-order valence-corrected chi connectivity index (χ4v) is 6.42. The van der Waals surface area contributed by atoms with Gasteiger partial charge in [0.05, 0.1) is 0 Å². The number of hydrogen-bond donors (Lipinski definition) is 0. The van der Waals surface area contributed by atoms with Crippen molar-refractivity contribution in [3.8, 4) is 0 Å². The van der Waals surface area contributed by atoms with Gasteiger partial charge in [0.1, 0.15) is 0 Å². The first-order valence-electron chi connectivity index (χ1n) is 11.8. The van der Waals surface area contributed by atoms with Gasteiger partial charge >= 0.3 is 217 Å². The third-order valence-corrected chi connectivity index (χ3v) is 8.26. The van der Waals surface area contributed by atoms with E-state index in [1.54, 1.807) is 0 Å². The summed E-state index contributed by atoms with van der Waals surface area (Å²) in [4.78, 5) is 0. The molecule has 0 nitrogen and oxygen atoms in total. The van der Waals surface area contributed by atoms with Crippen molar-refractivity contribution < 1.29 is 49.5 Å². The van der Waals surface area contributed by atoms with Crippen LogP contribution in [0.15, 0.2) is 103 Å². The third kappa shape index (κ3) is 4.54.